The normalized spacial score (nSPS) is 11.1. The minimum atomic E-state index is -3.86. The summed E-state index contributed by atoms with van der Waals surface area (Å²) < 4.78 is 31.2. The molecule has 24 heavy (non-hydrogen) atoms. The number of carbonyl (C=O) groups excluding carboxylic acids is 2. The second kappa shape index (κ2) is 7.23. The average Bonchev–Trinajstić information content (AvgIpc) is 2.90. The first-order valence-corrected chi connectivity index (χ1v) is 8.35. The molecule has 0 atom stereocenters. The second-order valence-corrected chi connectivity index (χ2v) is 6.67. The van der Waals surface area contributed by atoms with Crippen LogP contribution in [0, 0.1) is 6.92 Å². The lowest BCUT2D eigenvalue weighted by atomic mass is 10.3. The molecule has 2 rings (SSSR count). The van der Waals surface area contributed by atoms with E-state index < -0.39 is 22.5 Å². The van der Waals surface area contributed by atoms with Crippen LogP contribution in [0.3, 0.4) is 0 Å². The summed E-state index contributed by atoms with van der Waals surface area (Å²) in [6.45, 7) is 2.55. The molecule has 0 unspecified atom stereocenters. The Morgan fingerprint density at radius 3 is 2.38 bits per heavy atom. The Hall–Kier alpha value is -2.72. The fraction of sp³-hybridized carbons (Fsp3) is 0.214. The summed E-state index contributed by atoms with van der Waals surface area (Å²) in [6.07, 6.45) is 0. The number of hydrogen-bond donors (Lipinski definition) is 3. The van der Waals surface area contributed by atoms with Gasteiger partial charge in [0.05, 0.1) is 11.4 Å². The van der Waals surface area contributed by atoms with Gasteiger partial charge in [-0.2, -0.15) is 0 Å². The highest BCUT2D eigenvalue weighted by molar-refractivity contribution is 7.89. The monoisotopic (exact) mass is 352 g/mol. The van der Waals surface area contributed by atoms with Crippen LogP contribution < -0.4 is 15.4 Å². The molecule has 0 aliphatic rings. The predicted octanol–water partition coefficient (Wildman–Crippen LogP) is 0.858. The van der Waals surface area contributed by atoms with Crippen LogP contribution in [0.25, 0.3) is 0 Å². The van der Waals surface area contributed by atoms with E-state index in [-0.39, 0.29) is 16.6 Å². The van der Waals surface area contributed by atoms with E-state index in [0.29, 0.717) is 11.4 Å². The van der Waals surface area contributed by atoms with E-state index in [9.17, 15) is 18.0 Å². The number of carbonyl (C=O) groups is 2. The Balaban J connectivity index is 1.95. The molecule has 9 nitrogen and oxygen atoms in total. The number of hydrogen-bond acceptors (Lipinski definition) is 6. The molecule has 1 aromatic heterocycles. The molecule has 0 saturated heterocycles. The van der Waals surface area contributed by atoms with Crippen LogP contribution in [0.4, 0.5) is 11.5 Å². The topological polar surface area (TPSA) is 130 Å². The van der Waals surface area contributed by atoms with Gasteiger partial charge in [0.2, 0.25) is 21.8 Å². The average molecular weight is 352 g/mol. The van der Waals surface area contributed by atoms with Crippen LogP contribution in [0.5, 0.6) is 0 Å². The molecule has 2 amide bonds. The molecule has 0 aliphatic carbocycles. The number of benzene rings is 1. The number of aryl methyl sites for hydroxylation is 1. The molecule has 128 valence electrons. The molecule has 0 aliphatic heterocycles. The Labute approximate surface area is 138 Å². The number of nitrogens with one attached hydrogen (secondary N) is 3. The maximum atomic E-state index is 12.1. The van der Waals surface area contributed by atoms with Crippen molar-refractivity contribution in [2.75, 3.05) is 17.2 Å². The van der Waals surface area contributed by atoms with Crippen molar-refractivity contribution in [2.45, 2.75) is 18.7 Å². The quantitative estimate of drug-likeness (QED) is 0.707. The highest BCUT2D eigenvalue weighted by atomic mass is 32.2. The Bertz CT molecular complexity index is 842. The molecule has 1 heterocycles. The van der Waals surface area contributed by atoms with Crippen LogP contribution >= 0.6 is 0 Å². The van der Waals surface area contributed by atoms with E-state index in [2.05, 4.69) is 20.5 Å². The summed E-state index contributed by atoms with van der Waals surface area (Å²) in [4.78, 5) is 22.6. The van der Waals surface area contributed by atoms with E-state index in [4.69, 9.17) is 4.52 Å². The van der Waals surface area contributed by atoms with Crippen molar-refractivity contribution in [3.8, 4) is 0 Å². The predicted molar refractivity (Wildman–Crippen MR) is 85.8 cm³/mol. The summed E-state index contributed by atoms with van der Waals surface area (Å²) in [7, 11) is -3.86. The first-order valence-electron chi connectivity index (χ1n) is 6.87. The third kappa shape index (κ3) is 4.89. The van der Waals surface area contributed by atoms with Crippen LogP contribution in [-0.2, 0) is 19.6 Å². The van der Waals surface area contributed by atoms with Gasteiger partial charge in [-0.1, -0.05) is 5.16 Å². The zero-order chi connectivity index (χ0) is 17.7. The van der Waals surface area contributed by atoms with Gasteiger partial charge in [0, 0.05) is 18.7 Å². The van der Waals surface area contributed by atoms with Gasteiger partial charge >= 0.3 is 0 Å². The van der Waals surface area contributed by atoms with E-state index >= 15 is 0 Å². The van der Waals surface area contributed by atoms with Gasteiger partial charge in [-0.25, -0.2) is 13.1 Å². The lowest BCUT2D eigenvalue weighted by Crippen LogP contribution is -2.33. The highest BCUT2D eigenvalue weighted by Gasteiger charge is 2.16. The van der Waals surface area contributed by atoms with E-state index in [1.807, 2.05) is 0 Å². The fourth-order valence-electron chi connectivity index (χ4n) is 1.78. The number of sulfonamides is 1. The first-order chi connectivity index (χ1) is 11.3. The fourth-order valence-corrected chi connectivity index (χ4v) is 2.76. The van der Waals surface area contributed by atoms with Crippen molar-refractivity contribution in [3.63, 3.8) is 0 Å². The Kier molecular flexibility index (Phi) is 5.31. The van der Waals surface area contributed by atoms with Crippen molar-refractivity contribution in [1.29, 1.82) is 0 Å². The first kappa shape index (κ1) is 17.6. The summed E-state index contributed by atoms with van der Waals surface area (Å²) in [5, 5.41) is 8.50. The van der Waals surface area contributed by atoms with Crippen molar-refractivity contribution in [3.05, 3.63) is 36.1 Å². The number of amides is 2. The van der Waals surface area contributed by atoms with Crippen LogP contribution in [0.2, 0.25) is 0 Å². The van der Waals surface area contributed by atoms with E-state index in [0.717, 1.165) is 0 Å². The smallest absolute Gasteiger partial charge is 0.241 e. The van der Waals surface area contributed by atoms with Gasteiger partial charge in [-0.15, -0.1) is 0 Å². The SMILES string of the molecule is CC(=O)Nc1ccc(S(=O)(=O)NCC(=O)Nc2cc(C)on2)cc1. The molecule has 1 aromatic carbocycles. The van der Waals surface area contributed by atoms with Crippen molar-refractivity contribution >= 4 is 33.3 Å². The van der Waals surface area contributed by atoms with Crippen molar-refractivity contribution in [1.82, 2.24) is 9.88 Å². The van der Waals surface area contributed by atoms with Gasteiger partial charge in [-0.05, 0) is 31.2 Å². The minimum Gasteiger partial charge on any atom is -0.360 e. The lowest BCUT2D eigenvalue weighted by Gasteiger charge is -2.07. The standard InChI is InChI=1S/C14H16N4O5S/c1-9-7-13(18-23-9)17-14(20)8-15-24(21,22)12-5-3-11(4-6-12)16-10(2)19/h3-7,15H,8H2,1-2H3,(H,16,19)(H,17,18,20). The van der Waals surface area contributed by atoms with Crippen LogP contribution in [0.15, 0.2) is 39.8 Å². The van der Waals surface area contributed by atoms with Gasteiger partial charge in [0.25, 0.3) is 0 Å². The molecule has 0 saturated carbocycles. The number of aromatic nitrogens is 1. The van der Waals surface area contributed by atoms with Gasteiger partial charge < -0.3 is 15.2 Å². The van der Waals surface area contributed by atoms with E-state index in [1.165, 1.54) is 37.3 Å². The maximum Gasteiger partial charge on any atom is 0.241 e. The molecule has 10 heteroatoms. The van der Waals surface area contributed by atoms with Crippen molar-refractivity contribution < 1.29 is 22.5 Å². The minimum absolute atomic E-state index is 0.0262. The highest BCUT2D eigenvalue weighted by Crippen LogP contribution is 2.14. The zero-order valence-corrected chi connectivity index (χ0v) is 13.8. The zero-order valence-electron chi connectivity index (χ0n) is 13.0. The Morgan fingerprint density at radius 2 is 1.83 bits per heavy atom. The summed E-state index contributed by atoms with van der Waals surface area (Å²) in [5.74, 6) is -0.119. The molecule has 0 spiro atoms. The number of anilines is 2. The molecular formula is C14H16N4O5S. The van der Waals surface area contributed by atoms with Crippen LogP contribution in [0.1, 0.15) is 12.7 Å². The Morgan fingerprint density at radius 1 is 1.17 bits per heavy atom. The van der Waals surface area contributed by atoms with Crippen LogP contribution in [-0.4, -0.2) is 31.9 Å². The molecule has 0 fully saturated rings. The molecule has 0 bridgehead atoms. The second-order valence-electron chi connectivity index (χ2n) is 4.90. The molecule has 3 N–H and O–H groups in total. The molecule has 0 radical (unpaired) electrons. The summed E-state index contributed by atoms with van der Waals surface area (Å²) in [6, 6.07) is 7.06. The van der Waals surface area contributed by atoms with Gasteiger partial charge in [-0.3, -0.25) is 9.59 Å². The molecular weight excluding hydrogens is 336 g/mol. The van der Waals surface area contributed by atoms with E-state index in [1.54, 1.807) is 6.92 Å². The summed E-state index contributed by atoms with van der Waals surface area (Å²) >= 11 is 0. The maximum absolute atomic E-state index is 12.1. The molecule has 2 aromatic rings. The third-order valence-electron chi connectivity index (χ3n) is 2.80. The summed E-state index contributed by atoms with van der Waals surface area (Å²) in [5.41, 5.74) is 0.473. The van der Waals surface area contributed by atoms with Gasteiger partial charge in [0.1, 0.15) is 5.76 Å². The number of rotatable bonds is 6. The van der Waals surface area contributed by atoms with Crippen molar-refractivity contribution in [2.24, 2.45) is 0 Å². The lowest BCUT2D eigenvalue weighted by molar-refractivity contribution is -0.115. The van der Waals surface area contributed by atoms with Gasteiger partial charge in [0.15, 0.2) is 5.82 Å². The number of nitrogens with zero attached hydrogens (tertiary/aromatic N) is 1. The largest absolute Gasteiger partial charge is 0.360 e. The third-order valence-corrected chi connectivity index (χ3v) is 4.22.